The molecule has 1 aliphatic rings. The molecular weight excluding hydrogens is 348 g/mol. The first-order valence-electron chi connectivity index (χ1n) is 7.31. The zero-order valence-corrected chi connectivity index (χ0v) is 14.3. The van der Waals surface area contributed by atoms with Crippen LogP contribution in [0.3, 0.4) is 0 Å². The third-order valence-electron chi connectivity index (χ3n) is 3.60. The van der Waals surface area contributed by atoms with Crippen LogP contribution in [0.5, 0.6) is 17.2 Å². The van der Waals surface area contributed by atoms with Crippen molar-refractivity contribution in [1.82, 2.24) is 0 Å². The highest BCUT2D eigenvalue weighted by atomic mass is 35.5. The van der Waals surface area contributed by atoms with Crippen LogP contribution in [0.25, 0.3) is 0 Å². The molecule has 0 radical (unpaired) electrons. The summed E-state index contributed by atoms with van der Waals surface area (Å²) in [7, 11) is 2.95. The van der Waals surface area contributed by atoms with Gasteiger partial charge in [-0.1, -0.05) is 11.6 Å². The van der Waals surface area contributed by atoms with E-state index in [-0.39, 0.29) is 18.4 Å². The Morgan fingerprint density at radius 3 is 2.68 bits per heavy atom. The largest absolute Gasteiger partial charge is 0.495 e. The van der Waals surface area contributed by atoms with E-state index in [9.17, 15) is 9.59 Å². The summed E-state index contributed by atoms with van der Waals surface area (Å²) < 4.78 is 15.7. The first kappa shape index (κ1) is 16.9. The number of ether oxygens (including phenoxy) is 3. The van der Waals surface area contributed by atoms with Crippen molar-refractivity contribution in [2.24, 2.45) is 0 Å². The fraction of sp³-hybridized carbons (Fsp3) is 0.176. The summed E-state index contributed by atoms with van der Waals surface area (Å²) in [4.78, 5) is 23.9. The number of methoxy groups -OCH3 is 2. The van der Waals surface area contributed by atoms with Crippen LogP contribution in [0, 0.1) is 0 Å². The quantitative estimate of drug-likeness (QED) is 0.873. The van der Waals surface area contributed by atoms with Crippen LogP contribution in [0.15, 0.2) is 30.3 Å². The monoisotopic (exact) mass is 362 g/mol. The number of benzene rings is 2. The van der Waals surface area contributed by atoms with Crippen molar-refractivity contribution in [1.29, 1.82) is 0 Å². The molecule has 7 nitrogen and oxygen atoms in total. The standard InChI is InChI=1S/C17H15ClN2O5/c1-23-14-7-12(15(24-2)6-10(14)18)20-17(22)9-3-4-13-11(5-9)19-16(21)8-25-13/h3-7H,8H2,1-2H3,(H,19,21)(H,20,22). The van der Waals surface area contributed by atoms with Gasteiger partial charge in [-0.05, 0) is 18.2 Å². The Balaban J connectivity index is 1.88. The van der Waals surface area contributed by atoms with Crippen LogP contribution in [-0.2, 0) is 4.79 Å². The van der Waals surface area contributed by atoms with Crippen LogP contribution in [0.1, 0.15) is 10.4 Å². The minimum absolute atomic E-state index is 0.0414. The van der Waals surface area contributed by atoms with Crippen LogP contribution < -0.4 is 24.8 Å². The minimum atomic E-state index is -0.384. The molecule has 0 fully saturated rings. The molecule has 2 aromatic rings. The van der Waals surface area contributed by atoms with E-state index in [1.807, 2.05) is 0 Å². The summed E-state index contributed by atoms with van der Waals surface area (Å²) in [6.07, 6.45) is 0. The van der Waals surface area contributed by atoms with Gasteiger partial charge in [0.05, 0.1) is 30.6 Å². The van der Waals surface area contributed by atoms with Gasteiger partial charge >= 0.3 is 0 Å². The van der Waals surface area contributed by atoms with Crippen molar-refractivity contribution in [3.8, 4) is 17.2 Å². The lowest BCUT2D eigenvalue weighted by Crippen LogP contribution is -2.25. The maximum absolute atomic E-state index is 12.5. The Labute approximate surface area is 148 Å². The molecule has 130 valence electrons. The fourth-order valence-corrected chi connectivity index (χ4v) is 2.61. The molecule has 1 heterocycles. The van der Waals surface area contributed by atoms with E-state index in [1.54, 1.807) is 30.3 Å². The molecule has 2 amide bonds. The predicted octanol–water partition coefficient (Wildman–Crippen LogP) is 2.94. The van der Waals surface area contributed by atoms with Crippen molar-refractivity contribution in [2.75, 3.05) is 31.5 Å². The molecule has 2 aromatic carbocycles. The fourth-order valence-electron chi connectivity index (χ4n) is 2.38. The maximum Gasteiger partial charge on any atom is 0.262 e. The van der Waals surface area contributed by atoms with Crippen molar-refractivity contribution in [2.45, 2.75) is 0 Å². The summed E-state index contributed by atoms with van der Waals surface area (Å²) in [5.74, 6) is 0.666. The number of hydrogen-bond donors (Lipinski definition) is 2. The van der Waals surface area contributed by atoms with Gasteiger partial charge in [-0.15, -0.1) is 0 Å². The number of rotatable bonds is 4. The molecule has 2 N–H and O–H groups in total. The molecule has 0 aliphatic carbocycles. The lowest BCUT2D eigenvalue weighted by atomic mass is 10.1. The van der Waals surface area contributed by atoms with Crippen LogP contribution in [0.2, 0.25) is 5.02 Å². The minimum Gasteiger partial charge on any atom is -0.495 e. The van der Waals surface area contributed by atoms with Crippen molar-refractivity contribution in [3.05, 3.63) is 40.9 Å². The Bertz CT molecular complexity index is 853. The van der Waals surface area contributed by atoms with E-state index in [4.69, 9.17) is 25.8 Å². The number of fused-ring (bicyclic) bond motifs is 1. The Morgan fingerprint density at radius 1 is 1.20 bits per heavy atom. The second-order valence-corrected chi connectivity index (χ2v) is 5.60. The molecule has 0 saturated heterocycles. The van der Waals surface area contributed by atoms with Crippen molar-refractivity contribution >= 4 is 34.8 Å². The molecule has 0 aromatic heterocycles. The second kappa shape index (κ2) is 6.90. The van der Waals surface area contributed by atoms with Gasteiger partial charge in [0.25, 0.3) is 11.8 Å². The van der Waals surface area contributed by atoms with Gasteiger partial charge in [-0.3, -0.25) is 9.59 Å². The van der Waals surface area contributed by atoms with Gasteiger partial charge in [0.15, 0.2) is 6.61 Å². The molecular formula is C17H15ClN2O5. The maximum atomic E-state index is 12.5. The third kappa shape index (κ3) is 3.46. The van der Waals surface area contributed by atoms with E-state index in [1.165, 1.54) is 14.2 Å². The number of amides is 2. The van der Waals surface area contributed by atoms with Gasteiger partial charge in [0.1, 0.15) is 17.2 Å². The van der Waals surface area contributed by atoms with E-state index < -0.39 is 0 Å². The molecule has 0 unspecified atom stereocenters. The molecule has 8 heteroatoms. The number of halogens is 1. The van der Waals surface area contributed by atoms with Crippen LogP contribution >= 0.6 is 11.6 Å². The summed E-state index contributed by atoms with van der Waals surface area (Å²) in [5, 5.41) is 5.77. The lowest BCUT2D eigenvalue weighted by molar-refractivity contribution is -0.118. The number of nitrogens with one attached hydrogen (secondary N) is 2. The van der Waals surface area contributed by atoms with Gasteiger partial charge in [0.2, 0.25) is 0 Å². The molecule has 0 saturated carbocycles. The van der Waals surface area contributed by atoms with Crippen molar-refractivity contribution < 1.29 is 23.8 Å². The molecule has 3 rings (SSSR count). The smallest absolute Gasteiger partial charge is 0.262 e. The van der Waals surface area contributed by atoms with Gasteiger partial charge in [-0.25, -0.2) is 0 Å². The number of carbonyl (C=O) groups is 2. The normalized spacial score (nSPS) is 12.5. The van der Waals surface area contributed by atoms with E-state index in [0.29, 0.717) is 39.2 Å². The molecule has 0 atom stereocenters. The van der Waals surface area contributed by atoms with E-state index >= 15 is 0 Å². The van der Waals surface area contributed by atoms with Gasteiger partial charge in [-0.2, -0.15) is 0 Å². The van der Waals surface area contributed by atoms with Crippen LogP contribution in [-0.4, -0.2) is 32.6 Å². The Morgan fingerprint density at radius 2 is 1.96 bits per heavy atom. The zero-order chi connectivity index (χ0) is 18.0. The second-order valence-electron chi connectivity index (χ2n) is 5.19. The number of hydrogen-bond acceptors (Lipinski definition) is 5. The summed E-state index contributed by atoms with van der Waals surface area (Å²) >= 11 is 6.06. The molecule has 0 bridgehead atoms. The Hall–Kier alpha value is -2.93. The number of anilines is 2. The highest BCUT2D eigenvalue weighted by Crippen LogP contribution is 2.36. The van der Waals surface area contributed by atoms with Gasteiger partial charge < -0.3 is 24.8 Å². The SMILES string of the molecule is COc1cc(NC(=O)c2ccc3c(c2)NC(=O)CO3)c(OC)cc1Cl. The summed E-state index contributed by atoms with van der Waals surface area (Å²) in [6, 6.07) is 7.90. The average Bonchev–Trinajstić information content (AvgIpc) is 2.61. The third-order valence-corrected chi connectivity index (χ3v) is 3.89. The van der Waals surface area contributed by atoms with Crippen LogP contribution in [0.4, 0.5) is 11.4 Å². The summed E-state index contributed by atoms with van der Waals surface area (Å²) in [6.45, 7) is -0.0414. The molecule has 25 heavy (non-hydrogen) atoms. The summed E-state index contributed by atoms with van der Waals surface area (Å²) in [5.41, 5.74) is 1.21. The molecule has 1 aliphatic heterocycles. The highest BCUT2D eigenvalue weighted by Gasteiger charge is 2.19. The van der Waals surface area contributed by atoms with E-state index in [2.05, 4.69) is 10.6 Å². The van der Waals surface area contributed by atoms with Gasteiger partial charge in [0, 0.05) is 17.7 Å². The zero-order valence-electron chi connectivity index (χ0n) is 13.5. The highest BCUT2D eigenvalue weighted by molar-refractivity contribution is 6.32. The van der Waals surface area contributed by atoms with Crippen molar-refractivity contribution in [3.63, 3.8) is 0 Å². The lowest BCUT2D eigenvalue weighted by Gasteiger charge is -2.18. The Kier molecular flexibility index (Phi) is 4.67. The first-order chi connectivity index (χ1) is 12.0. The average molecular weight is 363 g/mol. The molecule has 0 spiro atoms. The first-order valence-corrected chi connectivity index (χ1v) is 7.69. The predicted molar refractivity (Wildman–Crippen MR) is 93.1 cm³/mol. The van der Waals surface area contributed by atoms with E-state index in [0.717, 1.165) is 0 Å². The topological polar surface area (TPSA) is 85.9 Å². The number of carbonyl (C=O) groups excluding carboxylic acids is 2.